The van der Waals surface area contributed by atoms with Gasteiger partial charge in [-0.3, -0.25) is 0 Å². The third-order valence-corrected chi connectivity index (χ3v) is 3.57. The molecule has 0 aliphatic heterocycles. The van der Waals surface area contributed by atoms with Gasteiger partial charge in [-0.25, -0.2) is 4.79 Å². The Kier molecular flexibility index (Phi) is 3.75. The lowest BCUT2D eigenvalue weighted by atomic mass is 10.2. The number of aromatic amines is 2. The van der Waals surface area contributed by atoms with Crippen LogP contribution < -0.4 is 5.73 Å². The number of fused-ring (bicyclic) bond motifs is 2. The van der Waals surface area contributed by atoms with Crippen LogP contribution in [0, 0.1) is 0 Å². The van der Waals surface area contributed by atoms with E-state index in [1.165, 1.54) is 18.2 Å². The van der Waals surface area contributed by atoms with Crippen molar-refractivity contribution in [2.45, 2.75) is 0 Å². The fourth-order valence-electron chi connectivity index (χ4n) is 2.38. The third-order valence-electron chi connectivity index (χ3n) is 3.57. The number of phenolic OH excluding ortho intramolecular Hbond substituents is 2. The van der Waals surface area contributed by atoms with Crippen molar-refractivity contribution in [1.29, 1.82) is 0 Å². The van der Waals surface area contributed by atoms with Gasteiger partial charge in [0.05, 0.1) is 5.52 Å². The largest absolute Gasteiger partial charge is 0.504 e. The number of nitrogens with two attached hydrogens (primary N) is 1. The molecule has 2 aromatic carbocycles. The third kappa shape index (κ3) is 2.82. The van der Waals surface area contributed by atoms with Crippen LogP contribution >= 0.6 is 0 Å². The summed E-state index contributed by atoms with van der Waals surface area (Å²) in [5, 5.41) is 28.6. The van der Waals surface area contributed by atoms with Gasteiger partial charge in [-0.15, -0.1) is 0 Å². The molecule has 4 rings (SSSR count). The number of carbonyl (C=O) groups is 1. The zero-order valence-corrected chi connectivity index (χ0v) is 12.4. The van der Waals surface area contributed by atoms with Gasteiger partial charge in [-0.2, -0.15) is 0 Å². The maximum absolute atomic E-state index is 10.6. The van der Waals surface area contributed by atoms with Crippen molar-refractivity contribution in [1.82, 2.24) is 9.97 Å². The molecule has 122 valence electrons. The molecule has 0 atom stereocenters. The average Bonchev–Trinajstić information content (AvgIpc) is 3.16. The van der Waals surface area contributed by atoms with Crippen LogP contribution in [0.2, 0.25) is 0 Å². The van der Waals surface area contributed by atoms with Crippen LogP contribution in [0.25, 0.3) is 21.8 Å². The van der Waals surface area contributed by atoms with E-state index in [9.17, 15) is 4.79 Å². The predicted molar refractivity (Wildman–Crippen MR) is 91.3 cm³/mol. The summed E-state index contributed by atoms with van der Waals surface area (Å²) in [6.45, 7) is 0. The average molecular weight is 325 g/mol. The van der Waals surface area contributed by atoms with E-state index in [2.05, 4.69) is 9.97 Å². The zero-order valence-electron chi connectivity index (χ0n) is 12.4. The van der Waals surface area contributed by atoms with Gasteiger partial charge in [-0.05, 0) is 30.3 Å². The minimum atomic E-state index is -1.08. The molecule has 24 heavy (non-hydrogen) atoms. The highest BCUT2D eigenvalue weighted by Gasteiger charge is 2.09. The van der Waals surface area contributed by atoms with Crippen LogP contribution in [0.1, 0.15) is 10.5 Å². The van der Waals surface area contributed by atoms with Gasteiger partial charge >= 0.3 is 5.97 Å². The Bertz CT molecular complexity index is 994. The quantitative estimate of drug-likeness (QED) is 0.236. The van der Waals surface area contributed by atoms with Crippen molar-refractivity contribution in [3.05, 3.63) is 54.4 Å². The molecule has 7 N–H and O–H groups in total. The van der Waals surface area contributed by atoms with Crippen LogP contribution in [0.15, 0.2) is 48.7 Å². The van der Waals surface area contributed by atoms with E-state index < -0.39 is 5.97 Å². The molecule has 0 spiro atoms. The highest BCUT2D eigenvalue weighted by Crippen LogP contribution is 2.30. The Morgan fingerprint density at radius 1 is 1.00 bits per heavy atom. The van der Waals surface area contributed by atoms with E-state index in [-0.39, 0.29) is 17.2 Å². The van der Waals surface area contributed by atoms with Gasteiger partial charge in [0.15, 0.2) is 11.5 Å². The predicted octanol–water partition coefficient (Wildman–Crippen LogP) is 3.03. The number of carboxylic acid groups (broad SMARTS) is 1. The monoisotopic (exact) mass is 325 g/mol. The number of phenols is 2. The Morgan fingerprint density at radius 3 is 2.46 bits per heavy atom. The summed E-state index contributed by atoms with van der Waals surface area (Å²) in [4.78, 5) is 16.3. The van der Waals surface area contributed by atoms with Crippen LogP contribution in [-0.2, 0) is 0 Å². The first-order chi connectivity index (χ1) is 11.5. The molecular weight excluding hydrogens is 310 g/mol. The van der Waals surface area contributed by atoms with Crippen LogP contribution in [-0.4, -0.2) is 31.3 Å². The van der Waals surface area contributed by atoms with E-state index in [0.717, 1.165) is 16.6 Å². The number of aromatic carboxylic acids is 1. The summed E-state index contributed by atoms with van der Waals surface area (Å²) < 4.78 is 0. The number of anilines is 1. The lowest BCUT2D eigenvalue weighted by molar-refractivity contribution is 0.0691. The van der Waals surface area contributed by atoms with Crippen LogP contribution in [0.4, 0.5) is 5.69 Å². The molecular formula is C17H15N3O4. The summed E-state index contributed by atoms with van der Waals surface area (Å²) in [5.74, 6) is -1.63. The summed E-state index contributed by atoms with van der Waals surface area (Å²) in [7, 11) is 0. The van der Waals surface area contributed by atoms with Crippen molar-refractivity contribution < 1.29 is 20.1 Å². The number of aromatic nitrogens is 2. The molecule has 0 amide bonds. The number of aromatic hydroxyl groups is 2. The van der Waals surface area contributed by atoms with Crippen LogP contribution in [0.3, 0.4) is 0 Å². The van der Waals surface area contributed by atoms with E-state index in [0.29, 0.717) is 10.9 Å². The zero-order chi connectivity index (χ0) is 17.3. The minimum Gasteiger partial charge on any atom is -0.504 e. The topological polar surface area (TPSA) is 135 Å². The second kappa shape index (κ2) is 5.88. The lowest BCUT2D eigenvalue weighted by Crippen LogP contribution is -1.94. The van der Waals surface area contributed by atoms with Crippen molar-refractivity contribution in [2.75, 3.05) is 5.73 Å². The number of hydrogen-bond acceptors (Lipinski definition) is 4. The maximum atomic E-state index is 10.6. The van der Waals surface area contributed by atoms with E-state index in [1.54, 1.807) is 0 Å². The Labute approximate surface area is 136 Å². The molecule has 0 aliphatic rings. The molecule has 0 unspecified atom stereocenters. The fourth-order valence-corrected chi connectivity index (χ4v) is 2.38. The normalized spacial score (nSPS) is 10.5. The summed E-state index contributed by atoms with van der Waals surface area (Å²) in [6, 6.07) is 11.8. The first kappa shape index (κ1) is 15.3. The van der Waals surface area contributed by atoms with Crippen LogP contribution in [0.5, 0.6) is 11.5 Å². The van der Waals surface area contributed by atoms with Gasteiger partial charge in [0.2, 0.25) is 0 Å². The number of hydrogen-bond donors (Lipinski definition) is 6. The van der Waals surface area contributed by atoms with Gasteiger partial charge < -0.3 is 31.0 Å². The number of carboxylic acids is 1. The van der Waals surface area contributed by atoms with E-state index >= 15 is 0 Å². The standard InChI is InChI=1S/C9H7NO4.C8H8N2/c11-7-2-4-1-6(9(13)14)10-5(4)3-8(7)12;9-7-2-1-3-8-6(7)4-5-10-8/h1-3,10-12H,(H,13,14);1-5,10H,9H2. The Hall–Kier alpha value is -3.61. The smallest absolute Gasteiger partial charge is 0.352 e. The summed E-state index contributed by atoms with van der Waals surface area (Å²) in [5.41, 5.74) is 8.10. The Morgan fingerprint density at radius 2 is 1.75 bits per heavy atom. The number of benzene rings is 2. The molecule has 0 saturated carbocycles. The summed E-state index contributed by atoms with van der Waals surface area (Å²) >= 11 is 0. The van der Waals surface area contributed by atoms with Gasteiger partial charge in [-0.1, -0.05) is 6.07 Å². The molecule has 7 nitrogen and oxygen atoms in total. The molecule has 0 aliphatic carbocycles. The number of nitrogen functional groups attached to an aromatic ring is 1. The lowest BCUT2D eigenvalue weighted by Gasteiger charge is -1.95. The number of rotatable bonds is 1. The molecule has 0 radical (unpaired) electrons. The van der Waals surface area contributed by atoms with Gasteiger partial charge in [0, 0.05) is 34.2 Å². The highest BCUT2D eigenvalue weighted by atomic mass is 16.4. The molecule has 4 aromatic rings. The van der Waals surface area contributed by atoms with Crippen molar-refractivity contribution in [3.63, 3.8) is 0 Å². The first-order valence-electron chi connectivity index (χ1n) is 7.05. The SMILES string of the molecule is Nc1cccc2[nH]ccc12.O=C(O)c1cc2cc(O)c(O)cc2[nH]1. The van der Waals surface area contributed by atoms with E-state index in [1.807, 2.05) is 30.5 Å². The number of nitrogens with one attached hydrogen (secondary N) is 2. The fraction of sp³-hybridized carbons (Fsp3) is 0. The van der Waals surface area contributed by atoms with Crippen molar-refractivity contribution >= 4 is 33.5 Å². The van der Waals surface area contributed by atoms with Gasteiger partial charge in [0.1, 0.15) is 5.69 Å². The van der Waals surface area contributed by atoms with Gasteiger partial charge in [0.25, 0.3) is 0 Å². The summed E-state index contributed by atoms with van der Waals surface area (Å²) in [6.07, 6.45) is 1.89. The first-order valence-corrected chi connectivity index (χ1v) is 7.05. The maximum Gasteiger partial charge on any atom is 0.352 e. The molecule has 0 fully saturated rings. The molecule has 2 aromatic heterocycles. The number of H-pyrrole nitrogens is 2. The van der Waals surface area contributed by atoms with Crippen molar-refractivity contribution in [2.24, 2.45) is 0 Å². The molecule has 0 bridgehead atoms. The molecule has 2 heterocycles. The molecule has 0 saturated heterocycles. The van der Waals surface area contributed by atoms with Crippen molar-refractivity contribution in [3.8, 4) is 11.5 Å². The minimum absolute atomic E-state index is 0.0185. The van der Waals surface area contributed by atoms with E-state index in [4.69, 9.17) is 21.1 Å². The highest BCUT2D eigenvalue weighted by molar-refractivity contribution is 5.94. The second-order valence-corrected chi connectivity index (χ2v) is 5.20. The second-order valence-electron chi connectivity index (χ2n) is 5.20. The Balaban J connectivity index is 0.000000149. The molecule has 7 heteroatoms.